The topological polar surface area (TPSA) is 164 Å². The van der Waals surface area contributed by atoms with Gasteiger partial charge < -0.3 is 26.4 Å². The van der Waals surface area contributed by atoms with E-state index in [0.717, 1.165) is 0 Å². The smallest absolute Gasteiger partial charge is 0.347 e. The van der Waals surface area contributed by atoms with E-state index in [9.17, 15) is 14.4 Å². The van der Waals surface area contributed by atoms with Gasteiger partial charge in [-0.2, -0.15) is 0 Å². The van der Waals surface area contributed by atoms with Crippen molar-refractivity contribution in [1.29, 1.82) is 0 Å². The number of nitrogens with two attached hydrogens (primary N) is 3. The zero-order valence-electron chi connectivity index (χ0n) is 17.3. The minimum atomic E-state index is -0.989. The lowest BCUT2D eigenvalue weighted by Gasteiger charge is -2.14. The zero-order chi connectivity index (χ0) is 23.1. The molecule has 0 radical (unpaired) electrons. The number of guanidine groups is 1. The first-order chi connectivity index (χ1) is 15.4. The van der Waals surface area contributed by atoms with Crippen LogP contribution in [0, 0.1) is 0 Å². The largest absolute Gasteiger partial charge is 0.426 e. The molecule has 0 aliphatic rings. The molecule has 3 rings (SSSR count). The Labute approximate surface area is 183 Å². The number of esters is 1. The highest BCUT2D eigenvalue weighted by atomic mass is 16.5. The van der Waals surface area contributed by atoms with Crippen molar-refractivity contribution in [2.24, 2.45) is 22.2 Å². The first-order valence-electron chi connectivity index (χ1n) is 10.0. The van der Waals surface area contributed by atoms with Crippen LogP contribution in [0.1, 0.15) is 28.8 Å². The monoisotopic (exact) mass is 436 g/mol. The summed E-state index contributed by atoms with van der Waals surface area (Å²) in [7, 11) is 0. The number of fused-ring (bicyclic) bond motifs is 1. The second kappa shape index (κ2) is 10.4. The summed E-state index contributed by atoms with van der Waals surface area (Å²) in [4.78, 5) is 42.3. The molecule has 0 saturated carbocycles. The summed E-state index contributed by atoms with van der Waals surface area (Å²) < 4.78 is 10.7. The molecule has 0 aliphatic heterocycles. The van der Waals surface area contributed by atoms with E-state index in [2.05, 4.69) is 4.99 Å². The second-order valence-corrected chi connectivity index (χ2v) is 7.12. The number of ether oxygens (including phenoxy) is 1. The van der Waals surface area contributed by atoms with Gasteiger partial charge in [-0.15, -0.1) is 0 Å². The van der Waals surface area contributed by atoms with Gasteiger partial charge in [0.2, 0.25) is 0 Å². The summed E-state index contributed by atoms with van der Waals surface area (Å²) in [6.45, 7) is 0.298. The Bertz CT molecular complexity index is 1200. The van der Waals surface area contributed by atoms with Crippen LogP contribution in [-0.4, -0.2) is 30.3 Å². The molecule has 9 heteroatoms. The van der Waals surface area contributed by atoms with Crippen molar-refractivity contribution >= 4 is 28.7 Å². The first-order valence-corrected chi connectivity index (χ1v) is 10.0. The molecule has 2 aromatic carbocycles. The fourth-order valence-corrected chi connectivity index (χ4v) is 3.28. The number of aliphatic imine (C=N–C) groups is 1. The Morgan fingerprint density at radius 1 is 1.03 bits per heavy atom. The fourth-order valence-electron chi connectivity index (χ4n) is 3.28. The third-order valence-electron chi connectivity index (χ3n) is 4.77. The predicted octanol–water partition coefficient (Wildman–Crippen LogP) is 1.50. The van der Waals surface area contributed by atoms with Gasteiger partial charge in [-0.25, -0.2) is 4.79 Å². The van der Waals surface area contributed by atoms with Crippen LogP contribution in [-0.2, 0) is 11.2 Å². The van der Waals surface area contributed by atoms with Crippen LogP contribution in [0.15, 0.2) is 68.8 Å². The summed E-state index contributed by atoms with van der Waals surface area (Å²) in [5.41, 5.74) is 16.0. The molecule has 1 atom stereocenters. The number of benzene rings is 2. The average Bonchev–Trinajstić information content (AvgIpc) is 2.76. The maximum atomic E-state index is 13.1. The quantitative estimate of drug-likeness (QED) is 0.0864. The van der Waals surface area contributed by atoms with Crippen LogP contribution in [0.2, 0.25) is 0 Å². The molecule has 1 unspecified atom stereocenters. The van der Waals surface area contributed by atoms with Crippen molar-refractivity contribution < 1.29 is 18.7 Å². The van der Waals surface area contributed by atoms with Gasteiger partial charge in [-0.1, -0.05) is 36.4 Å². The molecule has 0 fully saturated rings. The Hall–Kier alpha value is -3.98. The second-order valence-electron chi connectivity index (χ2n) is 7.12. The van der Waals surface area contributed by atoms with Crippen molar-refractivity contribution in [3.8, 4) is 5.75 Å². The number of hydrogen-bond donors (Lipinski definition) is 3. The van der Waals surface area contributed by atoms with E-state index in [4.69, 9.17) is 26.4 Å². The molecule has 0 amide bonds. The van der Waals surface area contributed by atoms with Crippen LogP contribution in [0.25, 0.3) is 11.0 Å². The molecule has 0 spiro atoms. The lowest BCUT2D eigenvalue weighted by atomic mass is 9.94. The Kier molecular flexibility index (Phi) is 7.35. The molecule has 0 saturated heterocycles. The number of hydrogen-bond acceptors (Lipinski definition) is 7. The Balaban J connectivity index is 1.92. The maximum absolute atomic E-state index is 13.1. The van der Waals surface area contributed by atoms with E-state index in [0.29, 0.717) is 24.1 Å². The molecule has 6 N–H and O–H groups in total. The van der Waals surface area contributed by atoms with Crippen LogP contribution in [0.3, 0.4) is 0 Å². The SMILES string of the molecule is NC(N)=NCCCC(N)C(=O)c1c(CC(=O)Oc2ccccc2)c2ccccc2oc1=O. The van der Waals surface area contributed by atoms with Gasteiger partial charge in [0.05, 0.1) is 12.5 Å². The van der Waals surface area contributed by atoms with Crippen LogP contribution < -0.4 is 27.6 Å². The molecule has 166 valence electrons. The molecule has 1 heterocycles. The summed E-state index contributed by atoms with van der Waals surface area (Å²) in [6.07, 6.45) is 0.383. The number of nitrogens with zero attached hydrogens (tertiary/aromatic N) is 1. The molecule has 1 aromatic heterocycles. The normalized spacial score (nSPS) is 11.7. The summed E-state index contributed by atoms with van der Waals surface area (Å²) in [5.74, 6) is -0.938. The van der Waals surface area contributed by atoms with Gasteiger partial charge in [0.1, 0.15) is 16.9 Å². The molecular formula is C23H24N4O5. The van der Waals surface area contributed by atoms with Crippen molar-refractivity contribution in [2.75, 3.05) is 6.54 Å². The van der Waals surface area contributed by atoms with Gasteiger partial charge >= 0.3 is 11.6 Å². The summed E-state index contributed by atoms with van der Waals surface area (Å²) >= 11 is 0. The van der Waals surface area contributed by atoms with E-state index < -0.39 is 23.4 Å². The number of carbonyl (C=O) groups excluding carboxylic acids is 2. The molecule has 32 heavy (non-hydrogen) atoms. The highest BCUT2D eigenvalue weighted by Crippen LogP contribution is 2.23. The highest BCUT2D eigenvalue weighted by molar-refractivity contribution is 6.05. The molecule has 9 nitrogen and oxygen atoms in total. The summed E-state index contributed by atoms with van der Waals surface area (Å²) in [5, 5.41) is 0.466. The predicted molar refractivity (Wildman–Crippen MR) is 120 cm³/mol. The van der Waals surface area contributed by atoms with Crippen molar-refractivity contribution in [1.82, 2.24) is 0 Å². The number of ketones is 1. The van der Waals surface area contributed by atoms with Gasteiger partial charge in [0, 0.05) is 11.9 Å². The van der Waals surface area contributed by atoms with Crippen molar-refractivity contribution in [3.63, 3.8) is 0 Å². The van der Waals surface area contributed by atoms with E-state index in [1.165, 1.54) is 0 Å². The zero-order valence-corrected chi connectivity index (χ0v) is 17.3. The Morgan fingerprint density at radius 3 is 2.44 bits per heavy atom. The van der Waals surface area contributed by atoms with Gasteiger partial charge in [0.15, 0.2) is 11.7 Å². The van der Waals surface area contributed by atoms with Crippen molar-refractivity contribution in [2.45, 2.75) is 25.3 Å². The Morgan fingerprint density at radius 2 is 1.72 bits per heavy atom. The van der Waals surface area contributed by atoms with Crippen LogP contribution >= 0.6 is 0 Å². The average molecular weight is 436 g/mol. The molecule has 3 aromatic rings. The van der Waals surface area contributed by atoms with E-state index >= 15 is 0 Å². The van der Waals surface area contributed by atoms with Gasteiger partial charge in [-0.3, -0.25) is 14.6 Å². The van der Waals surface area contributed by atoms with Crippen LogP contribution in [0.4, 0.5) is 0 Å². The molecule has 0 bridgehead atoms. The van der Waals surface area contributed by atoms with E-state index in [1.54, 1.807) is 54.6 Å². The molecule has 0 aliphatic carbocycles. The number of carbonyl (C=O) groups is 2. The first kappa shape index (κ1) is 22.7. The lowest BCUT2D eigenvalue weighted by Crippen LogP contribution is -2.35. The van der Waals surface area contributed by atoms with Crippen molar-refractivity contribution in [3.05, 3.63) is 76.1 Å². The lowest BCUT2D eigenvalue weighted by molar-refractivity contribution is -0.133. The fraction of sp³-hybridized carbons (Fsp3) is 0.217. The number of para-hydroxylation sites is 2. The van der Waals surface area contributed by atoms with Gasteiger partial charge in [-0.05, 0) is 36.6 Å². The third kappa shape index (κ3) is 5.58. The number of rotatable bonds is 9. The summed E-state index contributed by atoms with van der Waals surface area (Å²) in [6, 6.07) is 14.2. The van der Waals surface area contributed by atoms with Crippen LogP contribution in [0.5, 0.6) is 5.75 Å². The third-order valence-corrected chi connectivity index (χ3v) is 4.77. The van der Waals surface area contributed by atoms with E-state index in [-0.39, 0.29) is 35.5 Å². The number of Topliss-reactive ketones (excluding diaryl/α,β-unsaturated/α-hetero) is 1. The highest BCUT2D eigenvalue weighted by Gasteiger charge is 2.27. The standard InChI is InChI=1S/C23H24N4O5/c24-17(10-6-12-27-23(25)26)21(29)20-16(13-19(28)31-14-7-2-1-3-8-14)15-9-4-5-11-18(15)32-22(20)30/h1-5,7-9,11,17H,6,10,12-13,24H2,(H4,25,26,27). The minimum Gasteiger partial charge on any atom is -0.426 e. The maximum Gasteiger partial charge on any atom is 0.347 e. The molecular weight excluding hydrogens is 412 g/mol. The van der Waals surface area contributed by atoms with E-state index in [1.807, 2.05) is 0 Å². The van der Waals surface area contributed by atoms with Gasteiger partial charge in [0.25, 0.3) is 0 Å². The minimum absolute atomic E-state index is 0.0562.